The summed E-state index contributed by atoms with van der Waals surface area (Å²) in [4.78, 5) is 31.0. The van der Waals surface area contributed by atoms with Crippen LogP contribution in [0.3, 0.4) is 0 Å². The highest BCUT2D eigenvalue weighted by molar-refractivity contribution is 8.18. The summed E-state index contributed by atoms with van der Waals surface area (Å²) in [6.45, 7) is 1.18. The number of amides is 1. The number of hydrogen-bond donors (Lipinski definition) is 0. The minimum Gasteiger partial charge on any atom is -0.463 e. The minimum atomic E-state index is -4.82. The van der Waals surface area contributed by atoms with Gasteiger partial charge in [0.05, 0.1) is 41.2 Å². The number of amidine groups is 1. The van der Waals surface area contributed by atoms with Crippen molar-refractivity contribution in [3.8, 4) is 0 Å². The highest BCUT2D eigenvalue weighted by atomic mass is 32.2. The van der Waals surface area contributed by atoms with Crippen LogP contribution in [0.15, 0.2) is 52.5 Å². The fraction of sp³-hybridized carbons (Fsp3) is 0.357. The number of likely N-dealkylation sites (tertiary alicyclic amines) is 1. The van der Waals surface area contributed by atoms with E-state index in [0.29, 0.717) is 52.5 Å². The van der Waals surface area contributed by atoms with E-state index < -0.39 is 23.2 Å². The number of alkyl halides is 5. The molecule has 0 spiro atoms. The lowest BCUT2D eigenvalue weighted by Gasteiger charge is -2.26. The van der Waals surface area contributed by atoms with E-state index in [-0.39, 0.29) is 42.6 Å². The molecule has 2 saturated heterocycles. The molecular weight excluding hydrogens is 567 g/mol. The monoisotopic (exact) mass is 590 g/mol. The van der Waals surface area contributed by atoms with Gasteiger partial charge in [0.2, 0.25) is 0 Å². The van der Waals surface area contributed by atoms with E-state index in [1.807, 2.05) is 4.90 Å². The fourth-order valence-electron chi connectivity index (χ4n) is 5.44. The second kappa shape index (κ2) is 9.97. The number of rotatable bonds is 4. The number of halogens is 5. The molecule has 13 heteroatoms. The van der Waals surface area contributed by atoms with E-state index in [1.54, 1.807) is 24.3 Å². The van der Waals surface area contributed by atoms with Crippen molar-refractivity contribution in [1.29, 1.82) is 0 Å². The third-order valence-corrected chi connectivity index (χ3v) is 8.47. The van der Waals surface area contributed by atoms with Crippen molar-refractivity contribution in [3.05, 3.63) is 69.8 Å². The minimum absolute atomic E-state index is 0.0143. The van der Waals surface area contributed by atoms with Gasteiger partial charge in [-0.05, 0) is 59.5 Å². The van der Waals surface area contributed by atoms with Crippen LogP contribution in [-0.4, -0.2) is 50.9 Å². The number of benzene rings is 2. The normalized spacial score (nSPS) is 22.4. The summed E-state index contributed by atoms with van der Waals surface area (Å²) in [5.74, 6) is -3.82. The molecule has 2 atom stereocenters. The van der Waals surface area contributed by atoms with E-state index in [4.69, 9.17) is 4.74 Å². The quantitative estimate of drug-likeness (QED) is 0.217. The zero-order valence-corrected chi connectivity index (χ0v) is 22.4. The van der Waals surface area contributed by atoms with Gasteiger partial charge in [-0.25, -0.2) is 8.78 Å². The Hall–Kier alpha value is -3.74. The first-order valence-electron chi connectivity index (χ1n) is 12.8. The van der Waals surface area contributed by atoms with Gasteiger partial charge in [-0.15, -0.1) is 0 Å². The molecule has 3 aromatic rings. The van der Waals surface area contributed by atoms with Crippen LogP contribution in [0, 0.1) is 5.92 Å². The predicted octanol–water partition coefficient (Wildman–Crippen LogP) is 5.82. The summed E-state index contributed by atoms with van der Waals surface area (Å²) < 4.78 is 75.2. The number of carbonyl (C=O) groups is 2. The third-order valence-electron chi connectivity index (χ3n) is 7.45. The molecule has 4 heterocycles. The zero-order chi connectivity index (χ0) is 29.1. The smallest absolute Gasteiger partial charge is 0.416 e. The number of aromatic nitrogens is 2. The predicted molar refractivity (Wildman–Crippen MR) is 142 cm³/mol. The first-order chi connectivity index (χ1) is 19.3. The molecule has 3 aliphatic heterocycles. The summed E-state index contributed by atoms with van der Waals surface area (Å²) in [6.07, 6.45) is -0.464. The van der Waals surface area contributed by atoms with Crippen molar-refractivity contribution in [2.45, 2.75) is 44.5 Å². The lowest BCUT2D eigenvalue weighted by molar-refractivity contribution is -0.145. The largest absolute Gasteiger partial charge is 0.463 e. The van der Waals surface area contributed by atoms with E-state index in [1.165, 1.54) is 22.6 Å². The van der Waals surface area contributed by atoms with Gasteiger partial charge in [0, 0.05) is 24.4 Å². The van der Waals surface area contributed by atoms with Crippen LogP contribution in [0.25, 0.3) is 17.0 Å². The maximum absolute atomic E-state index is 13.7. The molecule has 0 aliphatic carbocycles. The van der Waals surface area contributed by atoms with Crippen LogP contribution >= 0.6 is 11.8 Å². The summed E-state index contributed by atoms with van der Waals surface area (Å²) in [7, 11) is 0. The Labute approximate surface area is 235 Å². The number of fused-ring (bicyclic) bond motifs is 3. The lowest BCUT2D eigenvalue weighted by atomic mass is 10.0. The maximum Gasteiger partial charge on any atom is 0.416 e. The Balaban J connectivity index is 1.21. The fourth-order valence-corrected chi connectivity index (χ4v) is 6.44. The Bertz CT molecular complexity index is 1620. The van der Waals surface area contributed by atoms with Gasteiger partial charge in [-0.2, -0.15) is 23.3 Å². The highest BCUT2D eigenvalue weighted by Gasteiger charge is 2.41. The second-order valence-electron chi connectivity index (χ2n) is 10.5. The van der Waals surface area contributed by atoms with Crippen molar-refractivity contribution in [2.24, 2.45) is 10.9 Å². The summed E-state index contributed by atoms with van der Waals surface area (Å²) in [6, 6.07) is 7.69. The Morgan fingerprint density at radius 1 is 1.12 bits per heavy atom. The molecule has 0 N–H and O–H groups in total. The SMILES string of the molecule is CC(F)(F)c1ccc(Cn2ncc3cc(/C=C4\SC(N5C[C@@H]6CC(=O)OC[C@H]5C6)=NC4=O)ccc32)c(C(F)(F)F)c1. The molecule has 2 aromatic carbocycles. The number of aliphatic imine (C=N–C) groups is 1. The van der Waals surface area contributed by atoms with Gasteiger partial charge in [0.15, 0.2) is 5.17 Å². The van der Waals surface area contributed by atoms with Gasteiger partial charge >= 0.3 is 12.1 Å². The molecule has 6 rings (SSSR count). The lowest BCUT2D eigenvalue weighted by Crippen LogP contribution is -2.37. The van der Waals surface area contributed by atoms with Crippen LogP contribution in [0.1, 0.15) is 42.0 Å². The molecule has 3 aliphatic rings. The number of ether oxygens (including phenoxy) is 1. The number of esters is 1. The standard InChI is InChI=1S/C28H23F5N4O3S/c1-27(29,30)19-4-3-17(21(10-19)28(31,32)33)13-37-22-5-2-15(6-18(22)11-34-37)8-23-25(39)35-26(41-23)36-12-16-7-20(36)14-40-24(38)9-16/h2-6,8,10-11,16,20H,7,9,12-14H2,1H3/b23-8-/t16-,20+/m0/s1. The van der Waals surface area contributed by atoms with E-state index >= 15 is 0 Å². The molecule has 0 radical (unpaired) electrons. The number of hydrogen-bond acceptors (Lipinski definition) is 6. The van der Waals surface area contributed by atoms with E-state index in [0.717, 1.165) is 18.6 Å². The highest BCUT2D eigenvalue weighted by Crippen LogP contribution is 2.39. The molecule has 2 bridgehead atoms. The molecule has 1 aromatic heterocycles. The third kappa shape index (κ3) is 5.46. The van der Waals surface area contributed by atoms with Gasteiger partial charge in [0.1, 0.15) is 6.61 Å². The van der Waals surface area contributed by atoms with Crippen molar-refractivity contribution >= 4 is 45.8 Å². The topological polar surface area (TPSA) is 76.8 Å². The average molecular weight is 591 g/mol. The number of thioether (sulfide) groups is 1. The van der Waals surface area contributed by atoms with E-state index in [9.17, 15) is 31.5 Å². The van der Waals surface area contributed by atoms with Crippen LogP contribution in [0.2, 0.25) is 0 Å². The Kier molecular flexibility index (Phi) is 6.67. The van der Waals surface area contributed by atoms with Gasteiger partial charge < -0.3 is 9.64 Å². The molecule has 41 heavy (non-hydrogen) atoms. The van der Waals surface area contributed by atoms with Crippen LogP contribution in [0.4, 0.5) is 22.0 Å². The second-order valence-corrected chi connectivity index (χ2v) is 11.5. The summed E-state index contributed by atoms with van der Waals surface area (Å²) in [5, 5.41) is 5.43. The molecule has 1 amide bonds. The first-order valence-corrected chi connectivity index (χ1v) is 13.7. The van der Waals surface area contributed by atoms with Crippen molar-refractivity contribution in [2.75, 3.05) is 13.2 Å². The van der Waals surface area contributed by atoms with Gasteiger partial charge in [0.25, 0.3) is 11.8 Å². The first kappa shape index (κ1) is 27.4. The van der Waals surface area contributed by atoms with Crippen molar-refractivity contribution in [1.82, 2.24) is 14.7 Å². The molecule has 7 nitrogen and oxygen atoms in total. The van der Waals surface area contributed by atoms with Crippen molar-refractivity contribution < 1.29 is 36.3 Å². The van der Waals surface area contributed by atoms with Gasteiger partial charge in [-0.3, -0.25) is 14.3 Å². The summed E-state index contributed by atoms with van der Waals surface area (Å²) >= 11 is 1.25. The molecule has 2 fully saturated rings. The maximum atomic E-state index is 13.7. The average Bonchev–Trinajstić information content (AvgIpc) is 3.54. The molecule has 214 valence electrons. The summed E-state index contributed by atoms with van der Waals surface area (Å²) in [5.41, 5.74) is -0.806. The number of nitrogens with zero attached hydrogens (tertiary/aromatic N) is 4. The Morgan fingerprint density at radius 2 is 1.93 bits per heavy atom. The van der Waals surface area contributed by atoms with Gasteiger partial charge in [-0.1, -0.05) is 18.2 Å². The molecule has 0 saturated carbocycles. The van der Waals surface area contributed by atoms with Crippen LogP contribution < -0.4 is 0 Å². The Morgan fingerprint density at radius 3 is 2.68 bits per heavy atom. The molecule has 0 unspecified atom stereocenters. The van der Waals surface area contributed by atoms with Crippen LogP contribution in [0.5, 0.6) is 0 Å². The number of carbonyl (C=O) groups excluding carboxylic acids is 2. The molecular formula is C28H23F5N4O3S. The van der Waals surface area contributed by atoms with Crippen molar-refractivity contribution in [3.63, 3.8) is 0 Å². The van der Waals surface area contributed by atoms with E-state index in [2.05, 4.69) is 10.1 Å². The van der Waals surface area contributed by atoms with Crippen LogP contribution in [-0.2, 0) is 33.0 Å². The zero-order valence-electron chi connectivity index (χ0n) is 21.6. The number of cyclic esters (lactones) is 1.